The molecule has 104 valence electrons. The lowest BCUT2D eigenvalue weighted by Gasteiger charge is -2.14. The molecule has 0 spiro atoms. The van der Waals surface area contributed by atoms with Crippen LogP contribution in [0.2, 0.25) is 0 Å². The first kappa shape index (κ1) is 14.6. The molecule has 0 aliphatic carbocycles. The van der Waals surface area contributed by atoms with Crippen LogP contribution in [0.3, 0.4) is 0 Å². The fourth-order valence-electron chi connectivity index (χ4n) is 1.84. The first-order valence-electron chi connectivity index (χ1n) is 6.22. The van der Waals surface area contributed by atoms with Gasteiger partial charge in [-0.15, -0.1) is 11.8 Å². The molecule has 4 heteroatoms. The minimum Gasteiger partial charge on any atom is -0.469 e. The van der Waals surface area contributed by atoms with E-state index in [-0.39, 0.29) is 17.7 Å². The van der Waals surface area contributed by atoms with Crippen molar-refractivity contribution in [2.45, 2.75) is 10.8 Å². The van der Waals surface area contributed by atoms with Crippen LogP contribution < -0.4 is 0 Å². The highest BCUT2D eigenvalue weighted by molar-refractivity contribution is 7.99. The Hall–Kier alpha value is -1.81. The number of benzene rings is 2. The van der Waals surface area contributed by atoms with E-state index >= 15 is 0 Å². The first-order chi connectivity index (χ1) is 9.70. The molecule has 2 rings (SSSR count). The van der Waals surface area contributed by atoms with E-state index in [1.54, 1.807) is 12.1 Å². The summed E-state index contributed by atoms with van der Waals surface area (Å²) in [4.78, 5) is 12.8. The van der Waals surface area contributed by atoms with E-state index in [1.807, 2.05) is 30.3 Å². The maximum atomic E-state index is 12.8. The van der Waals surface area contributed by atoms with Gasteiger partial charge in [-0.1, -0.05) is 30.3 Å². The van der Waals surface area contributed by atoms with Gasteiger partial charge >= 0.3 is 5.97 Å². The van der Waals surface area contributed by atoms with Crippen LogP contribution in [0.25, 0.3) is 0 Å². The zero-order valence-electron chi connectivity index (χ0n) is 11.1. The van der Waals surface area contributed by atoms with Crippen molar-refractivity contribution in [2.75, 3.05) is 12.9 Å². The summed E-state index contributed by atoms with van der Waals surface area (Å²) in [5.41, 5.74) is 0.925. The predicted octanol–water partition coefficient (Wildman–Crippen LogP) is 3.87. The number of carbonyl (C=O) groups is 1. The zero-order chi connectivity index (χ0) is 14.4. The Morgan fingerprint density at radius 3 is 2.40 bits per heavy atom. The third-order valence-corrected chi connectivity index (χ3v) is 4.02. The Labute approximate surface area is 122 Å². The SMILES string of the molecule is COC(=O)C(CSc1ccc(F)cc1)c1ccccc1. The summed E-state index contributed by atoms with van der Waals surface area (Å²) in [7, 11) is 1.39. The number of ether oxygens (including phenoxy) is 1. The van der Waals surface area contributed by atoms with Gasteiger partial charge in [-0.2, -0.15) is 0 Å². The average molecular weight is 290 g/mol. The van der Waals surface area contributed by atoms with E-state index in [9.17, 15) is 9.18 Å². The lowest BCUT2D eigenvalue weighted by Crippen LogP contribution is -2.16. The van der Waals surface area contributed by atoms with Gasteiger partial charge in [0, 0.05) is 10.6 Å². The van der Waals surface area contributed by atoms with E-state index < -0.39 is 0 Å². The van der Waals surface area contributed by atoms with E-state index in [4.69, 9.17) is 4.74 Å². The molecular weight excluding hydrogens is 275 g/mol. The lowest BCUT2D eigenvalue weighted by atomic mass is 10.0. The molecule has 2 aromatic rings. The van der Waals surface area contributed by atoms with Crippen LogP contribution in [0.5, 0.6) is 0 Å². The summed E-state index contributed by atoms with van der Waals surface area (Å²) in [5.74, 6) is -0.286. The van der Waals surface area contributed by atoms with Crippen LogP contribution in [0.15, 0.2) is 59.5 Å². The molecule has 0 amide bonds. The summed E-state index contributed by atoms with van der Waals surface area (Å²) >= 11 is 1.51. The molecule has 1 atom stereocenters. The Morgan fingerprint density at radius 2 is 1.80 bits per heavy atom. The third-order valence-electron chi connectivity index (χ3n) is 2.92. The molecule has 0 aliphatic rings. The van der Waals surface area contributed by atoms with Gasteiger partial charge in [0.2, 0.25) is 0 Å². The van der Waals surface area contributed by atoms with Crippen LogP contribution >= 0.6 is 11.8 Å². The number of halogens is 1. The smallest absolute Gasteiger partial charge is 0.313 e. The van der Waals surface area contributed by atoms with Gasteiger partial charge in [0.05, 0.1) is 13.0 Å². The Balaban J connectivity index is 2.09. The van der Waals surface area contributed by atoms with Gasteiger partial charge < -0.3 is 4.74 Å². The number of hydrogen-bond acceptors (Lipinski definition) is 3. The van der Waals surface area contributed by atoms with Crippen molar-refractivity contribution < 1.29 is 13.9 Å². The molecule has 0 fully saturated rings. The maximum Gasteiger partial charge on any atom is 0.313 e. The van der Waals surface area contributed by atoms with Gasteiger partial charge in [-0.05, 0) is 29.8 Å². The van der Waals surface area contributed by atoms with Crippen LogP contribution in [0, 0.1) is 5.82 Å². The molecular formula is C16H15FO2S. The molecule has 0 N–H and O–H groups in total. The largest absolute Gasteiger partial charge is 0.469 e. The number of hydrogen-bond donors (Lipinski definition) is 0. The topological polar surface area (TPSA) is 26.3 Å². The monoisotopic (exact) mass is 290 g/mol. The predicted molar refractivity (Wildman–Crippen MR) is 78.3 cm³/mol. The van der Waals surface area contributed by atoms with Crippen LogP contribution in [0.1, 0.15) is 11.5 Å². The second kappa shape index (κ2) is 7.10. The molecule has 0 radical (unpaired) electrons. The molecule has 0 saturated heterocycles. The van der Waals surface area contributed by atoms with Crippen molar-refractivity contribution in [1.82, 2.24) is 0 Å². The highest BCUT2D eigenvalue weighted by atomic mass is 32.2. The summed E-state index contributed by atoms with van der Waals surface area (Å²) in [5, 5.41) is 0. The van der Waals surface area contributed by atoms with Gasteiger partial charge in [-0.25, -0.2) is 4.39 Å². The highest BCUT2D eigenvalue weighted by Gasteiger charge is 2.21. The minimum absolute atomic E-state index is 0.259. The van der Waals surface area contributed by atoms with Gasteiger partial charge in [-0.3, -0.25) is 4.79 Å². The summed E-state index contributed by atoms with van der Waals surface area (Å²) in [6.07, 6.45) is 0. The van der Waals surface area contributed by atoms with Crippen LogP contribution in [0.4, 0.5) is 4.39 Å². The van der Waals surface area contributed by atoms with Gasteiger partial charge in [0.15, 0.2) is 0 Å². The van der Waals surface area contributed by atoms with E-state index in [0.29, 0.717) is 5.75 Å². The molecule has 20 heavy (non-hydrogen) atoms. The minimum atomic E-state index is -0.323. The molecule has 0 aliphatic heterocycles. The fourth-order valence-corrected chi connectivity index (χ4v) is 2.85. The summed E-state index contributed by atoms with van der Waals surface area (Å²) < 4.78 is 17.7. The number of rotatable bonds is 5. The quantitative estimate of drug-likeness (QED) is 0.617. The number of carbonyl (C=O) groups excluding carboxylic acids is 1. The van der Waals surface area contributed by atoms with Gasteiger partial charge in [0.1, 0.15) is 5.82 Å². The van der Waals surface area contributed by atoms with Crippen molar-refractivity contribution in [3.05, 3.63) is 66.0 Å². The standard InChI is InChI=1S/C16H15FO2S/c1-19-16(18)15(12-5-3-2-4-6-12)11-20-14-9-7-13(17)8-10-14/h2-10,15H,11H2,1H3. The van der Waals surface area contributed by atoms with Crippen molar-refractivity contribution in [3.8, 4) is 0 Å². The summed E-state index contributed by atoms with van der Waals surface area (Å²) in [6.45, 7) is 0. The fraction of sp³-hybridized carbons (Fsp3) is 0.188. The third kappa shape index (κ3) is 3.84. The summed E-state index contributed by atoms with van der Waals surface area (Å²) in [6, 6.07) is 15.8. The second-order valence-corrected chi connectivity index (χ2v) is 5.34. The Morgan fingerprint density at radius 1 is 1.15 bits per heavy atom. The lowest BCUT2D eigenvalue weighted by molar-refractivity contribution is -0.141. The van der Waals surface area contributed by atoms with Crippen molar-refractivity contribution in [3.63, 3.8) is 0 Å². The molecule has 2 aromatic carbocycles. The van der Waals surface area contributed by atoms with E-state index in [0.717, 1.165) is 10.5 Å². The zero-order valence-corrected chi connectivity index (χ0v) is 11.9. The highest BCUT2D eigenvalue weighted by Crippen LogP contribution is 2.27. The molecule has 1 unspecified atom stereocenters. The number of methoxy groups -OCH3 is 1. The molecule has 0 bridgehead atoms. The number of esters is 1. The Kier molecular flexibility index (Phi) is 5.18. The van der Waals surface area contributed by atoms with Crippen LogP contribution in [-0.2, 0) is 9.53 Å². The molecule has 2 nitrogen and oxygen atoms in total. The van der Waals surface area contributed by atoms with E-state index in [1.165, 1.54) is 31.0 Å². The normalized spacial score (nSPS) is 11.9. The molecule has 0 heterocycles. The van der Waals surface area contributed by atoms with Crippen molar-refractivity contribution in [2.24, 2.45) is 0 Å². The van der Waals surface area contributed by atoms with E-state index in [2.05, 4.69) is 0 Å². The maximum absolute atomic E-state index is 12.8. The number of thioether (sulfide) groups is 1. The van der Waals surface area contributed by atoms with Crippen LogP contribution in [-0.4, -0.2) is 18.8 Å². The molecule has 0 saturated carbocycles. The van der Waals surface area contributed by atoms with Gasteiger partial charge in [0.25, 0.3) is 0 Å². The molecule has 0 aromatic heterocycles. The first-order valence-corrected chi connectivity index (χ1v) is 7.20. The van der Waals surface area contributed by atoms with Crippen molar-refractivity contribution in [1.29, 1.82) is 0 Å². The Bertz CT molecular complexity index is 554. The van der Waals surface area contributed by atoms with Crippen molar-refractivity contribution >= 4 is 17.7 Å². The second-order valence-electron chi connectivity index (χ2n) is 4.25. The average Bonchev–Trinajstić information content (AvgIpc) is 2.50.